The Morgan fingerprint density at radius 3 is 1.67 bits per heavy atom. The van der Waals surface area contributed by atoms with Crippen molar-refractivity contribution in [3.63, 3.8) is 0 Å². The third-order valence-electron chi connectivity index (χ3n) is 0.899. The fraction of sp³-hybridized carbons (Fsp3) is 1.00. The summed E-state index contributed by atoms with van der Waals surface area (Å²) in [4.78, 5) is 2.12. The molecule has 0 unspecified atom stereocenters. The first-order valence-corrected chi connectivity index (χ1v) is 4.96. The van der Waals surface area contributed by atoms with Gasteiger partial charge in [-0.15, -0.1) is 0 Å². The van der Waals surface area contributed by atoms with Crippen molar-refractivity contribution >= 4 is 10.4 Å². The van der Waals surface area contributed by atoms with E-state index in [-0.39, 0.29) is 6.61 Å². The van der Waals surface area contributed by atoms with Crippen molar-refractivity contribution in [1.82, 2.24) is 4.90 Å². The highest BCUT2D eigenvalue weighted by Gasteiger charge is 1.98. The van der Waals surface area contributed by atoms with E-state index >= 15 is 0 Å². The zero-order valence-electron chi connectivity index (χ0n) is 7.94. The first-order valence-electron chi connectivity index (χ1n) is 3.60. The summed E-state index contributed by atoms with van der Waals surface area (Å²) >= 11 is 0. The van der Waals surface area contributed by atoms with E-state index in [0.717, 1.165) is 6.54 Å². The first-order chi connectivity index (χ1) is 5.33. The third kappa shape index (κ3) is 22.5. The molecule has 0 saturated heterocycles. The summed E-state index contributed by atoms with van der Waals surface area (Å²) in [5.41, 5.74) is 0. The molecule has 0 aromatic rings. The smallest absolute Gasteiger partial charge is 0.310 e. The molecule has 76 valence electrons. The molecule has 0 spiro atoms. The Labute approximate surface area is 74.3 Å². The van der Waals surface area contributed by atoms with Crippen LogP contribution >= 0.6 is 0 Å². The van der Waals surface area contributed by atoms with Crippen molar-refractivity contribution < 1.29 is 17.2 Å². The van der Waals surface area contributed by atoms with Crippen LogP contribution in [-0.4, -0.2) is 45.1 Å². The van der Waals surface area contributed by atoms with Gasteiger partial charge >= 0.3 is 10.4 Å². The van der Waals surface area contributed by atoms with Crippen LogP contribution < -0.4 is 0 Å². The second kappa shape index (κ2) is 7.48. The Kier molecular flexibility index (Phi) is 8.95. The Balaban J connectivity index is 0. The summed E-state index contributed by atoms with van der Waals surface area (Å²) in [6.45, 7) is 4.70. The van der Waals surface area contributed by atoms with Crippen molar-refractivity contribution in [1.29, 1.82) is 0 Å². The summed E-state index contributed by atoms with van der Waals surface area (Å²) in [5, 5.41) is 0. The molecule has 12 heavy (non-hydrogen) atoms. The molecule has 0 aliphatic heterocycles. The highest BCUT2D eigenvalue weighted by atomic mass is 32.3. The van der Waals surface area contributed by atoms with E-state index in [9.17, 15) is 8.42 Å². The first kappa shape index (κ1) is 14.4. The van der Waals surface area contributed by atoms with Crippen molar-refractivity contribution in [2.75, 3.05) is 27.2 Å². The number of nitrogens with zero attached hydrogens (tertiary/aromatic N) is 1. The molecule has 0 aromatic heterocycles. The molecule has 0 amide bonds. The Hall–Kier alpha value is -0.170. The summed E-state index contributed by atoms with van der Waals surface area (Å²) in [7, 11) is -0.0631. The van der Waals surface area contributed by atoms with Crippen molar-refractivity contribution in [3.8, 4) is 0 Å². The molecule has 0 heterocycles. The van der Waals surface area contributed by atoms with Crippen molar-refractivity contribution in [3.05, 3.63) is 0 Å². The van der Waals surface area contributed by atoms with Crippen LogP contribution in [-0.2, 0) is 14.6 Å². The molecule has 0 fully saturated rings. The van der Waals surface area contributed by atoms with Gasteiger partial charge in [0.15, 0.2) is 0 Å². The molecule has 0 atom stereocenters. The summed E-state index contributed by atoms with van der Waals surface area (Å²) in [6.07, 6.45) is 0. The predicted molar refractivity (Wildman–Crippen MR) is 47.4 cm³/mol. The van der Waals surface area contributed by atoms with Gasteiger partial charge in [0.25, 0.3) is 0 Å². The fourth-order valence-corrected chi connectivity index (χ4v) is 0.447. The number of rotatable bonds is 3. The van der Waals surface area contributed by atoms with Gasteiger partial charge in [0.1, 0.15) is 0 Å². The van der Waals surface area contributed by atoms with Crippen LogP contribution in [0, 0.1) is 0 Å². The molecule has 0 aromatic carbocycles. The number of hydrogen-bond donors (Lipinski definition) is 1. The zero-order chi connectivity index (χ0) is 10.2. The zero-order valence-corrected chi connectivity index (χ0v) is 8.76. The predicted octanol–water partition coefficient (Wildman–Crippen LogP) is 0.394. The molecule has 0 aliphatic rings. The quantitative estimate of drug-likeness (QED) is 0.666. The van der Waals surface area contributed by atoms with Gasteiger partial charge in [-0.05, 0) is 27.6 Å². The summed E-state index contributed by atoms with van der Waals surface area (Å²) < 4.78 is 30.7. The highest BCUT2D eigenvalue weighted by molar-refractivity contribution is 7.80. The van der Waals surface area contributed by atoms with Gasteiger partial charge in [-0.2, -0.15) is 8.42 Å². The lowest BCUT2D eigenvalue weighted by Crippen LogP contribution is -2.08. The van der Waals surface area contributed by atoms with Gasteiger partial charge in [-0.3, -0.25) is 4.55 Å². The third-order valence-corrected chi connectivity index (χ3v) is 1.43. The molecule has 5 nitrogen and oxygen atoms in total. The molecule has 0 radical (unpaired) electrons. The van der Waals surface area contributed by atoms with Gasteiger partial charge in [0.05, 0.1) is 6.61 Å². The average molecular weight is 199 g/mol. The fourth-order valence-electron chi connectivity index (χ4n) is 0.149. The van der Waals surface area contributed by atoms with E-state index < -0.39 is 10.4 Å². The SMILES string of the molecule is CCN(C)C.CCOS(=O)(=O)O. The second-order valence-corrected chi connectivity index (χ2v) is 3.32. The van der Waals surface area contributed by atoms with Crippen LogP contribution in [0.4, 0.5) is 0 Å². The standard InChI is InChI=1S/C4H11N.C2H6O4S/c1-4-5(2)3;1-2-6-7(3,4)5/h4H2,1-3H3;2H2,1H3,(H,3,4,5). The molecule has 0 saturated carbocycles. The average Bonchev–Trinajstić information content (AvgIpc) is 1.86. The van der Waals surface area contributed by atoms with E-state index in [1.54, 1.807) is 0 Å². The van der Waals surface area contributed by atoms with Gasteiger partial charge in [0.2, 0.25) is 0 Å². The lowest BCUT2D eigenvalue weighted by molar-refractivity contribution is 0.283. The van der Waals surface area contributed by atoms with Gasteiger partial charge in [-0.25, -0.2) is 4.18 Å². The molecule has 1 N–H and O–H groups in total. The van der Waals surface area contributed by atoms with E-state index in [1.165, 1.54) is 6.92 Å². The summed E-state index contributed by atoms with van der Waals surface area (Å²) in [5.74, 6) is 0. The largest absolute Gasteiger partial charge is 0.397 e. The molecule has 0 bridgehead atoms. The molecular formula is C6H17NO4S. The Morgan fingerprint density at radius 2 is 1.67 bits per heavy atom. The Morgan fingerprint density at radius 1 is 1.33 bits per heavy atom. The Bertz CT molecular complexity index is 176. The lowest BCUT2D eigenvalue weighted by atomic mass is 10.7. The van der Waals surface area contributed by atoms with Crippen LogP contribution in [0.1, 0.15) is 13.8 Å². The maximum atomic E-state index is 9.56. The highest BCUT2D eigenvalue weighted by Crippen LogP contribution is 1.81. The van der Waals surface area contributed by atoms with Crippen molar-refractivity contribution in [2.24, 2.45) is 0 Å². The van der Waals surface area contributed by atoms with Gasteiger partial charge in [0, 0.05) is 0 Å². The lowest BCUT2D eigenvalue weighted by Gasteiger charge is -2.00. The topological polar surface area (TPSA) is 66.8 Å². The van der Waals surface area contributed by atoms with Crippen LogP contribution in [0.2, 0.25) is 0 Å². The minimum atomic E-state index is -4.17. The van der Waals surface area contributed by atoms with Gasteiger partial charge < -0.3 is 4.90 Å². The van der Waals surface area contributed by atoms with Crippen LogP contribution in [0.5, 0.6) is 0 Å². The van der Waals surface area contributed by atoms with E-state index in [4.69, 9.17) is 4.55 Å². The molecular weight excluding hydrogens is 182 g/mol. The van der Waals surface area contributed by atoms with Gasteiger partial charge in [-0.1, -0.05) is 6.92 Å². The second-order valence-electron chi connectivity index (χ2n) is 2.23. The molecule has 0 rings (SSSR count). The minimum absolute atomic E-state index is 0.0289. The summed E-state index contributed by atoms with van der Waals surface area (Å²) in [6, 6.07) is 0. The minimum Gasteiger partial charge on any atom is -0.310 e. The number of hydrogen-bond acceptors (Lipinski definition) is 4. The van der Waals surface area contributed by atoms with E-state index in [1.807, 2.05) is 0 Å². The monoisotopic (exact) mass is 199 g/mol. The maximum absolute atomic E-state index is 9.56. The normalized spacial score (nSPS) is 10.8. The van der Waals surface area contributed by atoms with E-state index in [0.29, 0.717) is 0 Å². The van der Waals surface area contributed by atoms with Crippen LogP contribution in [0.15, 0.2) is 0 Å². The maximum Gasteiger partial charge on any atom is 0.397 e. The van der Waals surface area contributed by atoms with Crippen LogP contribution in [0.3, 0.4) is 0 Å². The van der Waals surface area contributed by atoms with Crippen molar-refractivity contribution in [2.45, 2.75) is 13.8 Å². The van der Waals surface area contributed by atoms with E-state index in [2.05, 4.69) is 30.1 Å². The molecule has 6 heteroatoms. The molecule has 0 aliphatic carbocycles. The van der Waals surface area contributed by atoms with Crippen LogP contribution in [0.25, 0.3) is 0 Å².